The highest BCUT2D eigenvalue weighted by molar-refractivity contribution is 5.97. The fraction of sp³-hybridized carbons (Fsp3) is 0.389. The number of alkyl halides is 4. The molecule has 1 amide bonds. The van der Waals surface area contributed by atoms with Crippen LogP contribution in [-0.2, 0) is 4.79 Å². The molecule has 0 bridgehead atoms. The zero-order valence-electron chi connectivity index (χ0n) is 29.4. The van der Waals surface area contributed by atoms with Crippen molar-refractivity contribution in [3.63, 3.8) is 0 Å². The molecule has 0 radical (unpaired) electrons. The van der Waals surface area contributed by atoms with Gasteiger partial charge in [-0.15, -0.1) is 5.10 Å². The lowest BCUT2D eigenvalue weighted by Crippen LogP contribution is -2.30. The van der Waals surface area contributed by atoms with Crippen LogP contribution in [0.2, 0.25) is 0 Å². The molecule has 9 nitrogen and oxygen atoms in total. The number of halogens is 4. The van der Waals surface area contributed by atoms with E-state index in [1.54, 1.807) is 31.3 Å². The number of benzene rings is 1. The zero-order valence-corrected chi connectivity index (χ0v) is 29.4. The van der Waals surface area contributed by atoms with Gasteiger partial charge in [0.25, 0.3) is 12.3 Å². The Bertz CT molecular complexity index is 1650. The summed E-state index contributed by atoms with van der Waals surface area (Å²) in [5, 5.41) is 7.22. The number of nitrogens with zero attached hydrogens (tertiary/aromatic N) is 5. The van der Waals surface area contributed by atoms with Crippen molar-refractivity contribution in [2.45, 2.75) is 67.2 Å². The van der Waals surface area contributed by atoms with Crippen LogP contribution in [0.1, 0.15) is 51.8 Å². The third-order valence-corrected chi connectivity index (χ3v) is 7.33. The summed E-state index contributed by atoms with van der Waals surface area (Å²) in [6, 6.07) is 4.94. The van der Waals surface area contributed by atoms with Crippen molar-refractivity contribution in [3.05, 3.63) is 82.4 Å². The van der Waals surface area contributed by atoms with Crippen LogP contribution in [-0.4, -0.2) is 73.7 Å². The number of aliphatic imine (C=N–C) groups is 2. The lowest BCUT2D eigenvalue weighted by atomic mass is 10.1. The van der Waals surface area contributed by atoms with Crippen LogP contribution in [0, 0.1) is 13.8 Å². The van der Waals surface area contributed by atoms with Crippen LogP contribution in [0.5, 0.6) is 11.6 Å². The van der Waals surface area contributed by atoms with Gasteiger partial charge in [0.05, 0.1) is 24.1 Å². The molecule has 13 heteroatoms. The van der Waals surface area contributed by atoms with Crippen molar-refractivity contribution in [2.75, 3.05) is 32.7 Å². The third kappa shape index (κ3) is 11.6. The number of carbonyl (C=O) groups excluding carboxylic acids is 1. The standard InChI is InChI=1S/C36H46F4N6O3/c1-11-22(2)18-29(36(47)45(9)17-15-37)35(41-8)43-31-21-30(24(4)19-32(31)48-10)42-16-14-23(3)12-13-28(34(39)40)26(6)46-25(5)20-33(44-46)49-27(7)38/h12-13,16,18-21,27,34,43H,3,8,11,14-15,17H2,1-2,4-7,9-10H3/b13-12-,22-18-,28-26-,35-29-,42-16?. The monoisotopic (exact) mass is 686 g/mol. The summed E-state index contributed by atoms with van der Waals surface area (Å²) >= 11 is 0. The molecule has 0 aliphatic rings. The number of likely N-dealkylation sites (N-methyl/N-ethyl adjacent to an activating group) is 1. The van der Waals surface area contributed by atoms with Crippen LogP contribution >= 0.6 is 0 Å². The topological polar surface area (TPSA) is 93.3 Å². The van der Waals surface area contributed by atoms with Gasteiger partial charge in [-0.1, -0.05) is 31.2 Å². The molecule has 1 aromatic heterocycles. The molecule has 0 saturated carbocycles. The highest BCUT2D eigenvalue weighted by Gasteiger charge is 2.20. The van der Waals surface area contributed by atoms with Crippen LogP contribution in [0.3, 0.4) is 0 Å². The molecule has 49 heavy (non-hydrogen) atoms. The average Bonchev–Trinajstić information content (AvgIpc) is 3.41. The van der Waals surface area contributed by atoms with Gasteiger partial charge in [-0.2, -0.15) is 0 Å². The summed E-state index contributed by atoms with van der Waals surface area (Å²) in [5.74, 6) is 0.172. The minimum atomic E-state index is -2.82. The molecule has 0 saturated heterocycles. The van der Waals surface area contributed by atoms with Gasteiger partial charge in [0.2, 0.25) is 12.2 Å². The molecule has 1 unspecified atom stereocenters. The van der Waals surface area contributed by atoms with Gasteiger partial charge in [0, 0.05) is 56.2 Å². The second-order valence-electron chi connectivity index (χ2n) is 11.2. The molecular weight excluding hydrogens is 640 g/mol. The Labute approximate surface area is 286 Å². The Morgan fingerprint density at radius 3 is 2.45 bits per heavy atom. The summed E-state index contributed by atoms with van der Waals surface area (Å²) in [5.41, 5.74) is 3.77. The summed E-state index contributed by atoms with van der Waals surface area (Å²) in [6.07, 6.45) is 2.54. The van der Waals surface area contributed by atoms with Gasteiger partial charge in [0.15, 0.2) is 0 Å². The zero-order chi connectivity index (χ0) is 36.8. The number of nitrogens with one attached hydrogen (secondary N) is 1. The Balaban J connectivity index is 2.38. The predicted molar refractivity (Wildman–Crippen MR) is 190 cm³/mol. The van der Waals surface area contributed by atoms with Gasteiger partial charge < -0.3 is 19.7 Å². The number of aromatic nitrogens is 2. The van der Waals surface area contributed by atoms with Crippen molar-refractivity contribution in [2.24, 2.45) is 9.98 Å². The Hall–Kier alpha value is -4.94. The Kier molecular flexibility index (Phi) is 15.7. The number of carbonyl (C=O) groups is 1. The molecular formula is C36H46F4N6O3. The predicted octanol–water partition coefficient (Wildman–Crippen LogP) is 8.71. The highest BCUT2D eigenvalue weighted by atomic mass is 19.3. The van der Waals surface area contributed by atoms with Crippen molar-refractivity contribution >= 4 is 35.9 Å². The summed E-state index contributed by atoms with van der Waals surface area (Å²) in [4.78, 5) is 23.2. The molecule has 2 rings (SSSR count). The first-order valence-corrected chi connectivity index (χ1v) is 15.6. The van der Waals surface area contributed by atoms with Crippen molar-refractivity contribution in [1.29, 1.82) is 0 Å². The molecule has 1 atom stereocenters. The number of hydrogen-bond donors (Lipinski definition) is 1. The number of allylic oxidation sites excluding steroid dienone is 6. The summed E-state index contributed by atoms with van der Waals surface area (Å²) in [6.45, 7) is 16.8. The van der Waals surface area contributed by atoms with Crippen molar-refractivity contribution in [3.8, 4) is 11.6 Å². The molecule has 1 aromatic carbocycles. The van der Waals surface area contributed by atoms with Gasteiger partial charge in [0.1, 0.15) is 18.2 Å². The van der Waals surface area contributed by atoms with E-state index < -0.39 is 25.4 Å². The van der Waals surface area contributed by atoms with E-state index in [2.05, 4.69) is 33.7 Å². The fourth-order valence-corrected chi connectivity index (χ4v) is 4.43. The second kappa shape index (κ2) is 19.2. The van der Waals surface area contributed by atoms with E-state index in [1.807, 2.05) is 20.8 Å². The molecule has 0 aliphatic carbocycles. The van der Waals surface area contributed by atoms with Crippen molar-refractivity contribution < 1.29 is 31.8 Å². The molecule has 1 heterocycles. The molecule has 1 N–H and O–H groups in total. The average molecular weight is 687 g/mol. The number of aryl methyl sites for hydroxylation is 2. The SMILES string of the molecule is C=N/C(Nc1cc(N=CCC(=C)/C=C\C(=C(/C)n2nc(OC(C)F)cc2C)C(F)F)c(C)cc1OC)=C(\C=C(\C)CC)C(=O)N(C)CCF. The number of rotatable bonds is 18. The number of anilines is 1. The largest absolute Gasteiger partial charge is 0.495 e. The summed E-state index contributed by atoms with van der Waals surface area (Å²) < 4.78 is 66.2. The van der Waals surface area contributed by atoms with Gasteiger partial charge in [-0.3, -0.25) is 9.79 Å². The maximum Gasteiger partial charge on any atom is 0.265 e. The Morgan fingerprint density at radius 1 is 1.18 bits per heavy atom. The van der Waals surface area contributed by atoms with Crippen LogP contribution < -0.4 is 14.8 Å². The second-order valence-corrected chi connectivity index (χ2v) is 11.2. The van der Waals surface area contributed by atoms with E-state index >= 15 is 0 Å². The highest BCUT2D eigenvalue weighted by Crippen LogP contribution is 2.34. The maximum atomic E-state index is 14.0. The molecule has 0 spiro atoms. The van der Waals surface area contributed by atoms with Crippen molar-refractivity contribution in [1.82, 2.24) is 14.7 Å². The van der Waals surface area contributed by atoms with Crippen LogP contribution in [0.25, 0.3) is 5.70 Å². The first kappa shape index (κ1) is 40.2. The third-order valence-electron chi connectivity index (χ3n) is 7.33. The van der Waals surface area contributed by atoms with E-state index in [0.29, 0.717) is 34.8 Å². The van der Waals surface area contributed by atoms with E-state index in [4.69, 9.17) is 9.47 Å². The van der Waals surface area contributed by atoms with E-state index in [0.717, 1.165) is 11.1 Å². The van der Waals surface area contributed by atoms with Crippen LogP contribution in [0.15, 0.2) is 81.1 Å². The van der Waals surface area contributed by atoms with E-state index in [9.17, 15) is 22.4 Å². The first-order valence-electron chi connectivity index (χ1n) is 15.6. The van der Waals surface area contributed by atoms with Gasteiger partial charge >= 0.3 is 0 Å². The molecule has 0 aliphatic heterocycles. The quantitative estimate of drug-likeness (QED) is 0.0733. The Morgan fingerprint density at radius 2 is 1.88 bits per heavy atom. The van der Waals surface area contributed by atoms with Gasteiger partial charge in [-0.05, 0) is 70.2 Å². The minimum absolute atomic E-state index is 0.0104. The number of methoxy groups -OCH3 is 1. The molecule has 0 fully saturated rings. The van der Waals surface area contributed by atoms with E-state index in [-0.39, 0.29) is 41.5 Å². The smallest absolute Gasteiger partial charge is 0.265 e. The maximum absolute atomic E-state index is 14.0. The normalized spacial score (nSPS) is 13.8. The van der Waals surface area contributed by atoms with Crippen LogP contribution in [0.4, 0.5) is 28.9 Å². The van der Waals surface area contributed by atoms with E-state index in [1.165, 1.54) is 55.8 Å². The molecule has 266 valence electrons. The lowest BCUT2D eigenvalue weighted by molar-refractivity contribution is -0.125. The number of hydrogen-bond acceptors (Lipinski definition) is 7. The number of ether oxygens (including phenoxy) is 2. The number of amides is 1. The lowest BCUT2D eigenvalue weighted by Gasteiger charge is -2.20. The fourth-order valence-electron chi connectivity index (χ4n) is 4.43. The summed E-state index contributed by atoms with van der Waals surface area (Å²) in [7, 11) is 3.01. The molecule has 2 aromatic rings. The van der Waals surface area contributed by atoms with Gasteiger partial charge in [-0.25, -0.2) is 27.2 Å². The minimum Gasteiger partial charge on any atom is -0.495 e. The first-order chi connectivity index (χ1) is 23.2.